The first kappa shape index (κ1) is 18.5. The molecule has 0 radical (unpaired) electrons. The number of esters is 1. The number of non-ortho nitro benzene ring substituents is 2. The molecule has 1 atom stereocenters. The third kappa shape index (κ3) is 4.60. The summed E-state index contributed by atoms with van der Waals surface area (Å²) >= 11 is 0. The molecule has 2 aromatic rings. The van der Waals surface area contributed by atoms with Crippen molar-refractivity contribution in [2.45, 2.75) is 12.3 Å². The first-order valence-electron chi connectivity index (χ1n) is 7.20. The number of rotatable bonds is 7. The Balaban J connectivity index is 2.22. The van der Waals surface area contributed by atoms with Crippen LogP contribution in [0.4, 0.5) is 11.4 Å². The van der Waals surface area contributed by atoms with Crippen LogP contribution in [0.5, 0.6) is 5.75 Å². The fraction of sp³-hybridized carbons (Fsp3) is 0.125. The standard InChI is InChI=1S/C16H12N2O8/c19-15(20)9-14(10-1-3-11(4-2-10)17(22)23)16(21)26-13-7-5-12(6-8-13)18(24)25/h1-8,14H,9H2,(H,19,20). The van der Waals surface area contributed by atoms with E-state index in [1.807, 2.05) is 0 Å². The number of hydrogen-bond acceptors (Lipinski definition) is 7. The number of hydrogen-bond donors (Lipinski definition) is 1. The molecule has 0 bridgehead atoms. The van der Waals surface area contributed by atoms with Gasteiger partial charge in [-0.3, -0.25) is 29.8 Å². The van der Waals surface area contributed by atoms with E-state index in [4.69, 9.17) is 9.84 Å². The number of carbonyl (C=O) groups is 2. The average Bonchev–Trinajstić information content (AvgIpc) is 2.60. The molecule has 1 N–H and O–H groups in total. The smallest absolute Gasteiger partial charge is 0.319 e. The van der Waals surface area contributed by atoms with Crippen LogP contribution in [0.1, 0.15) is 17.9 Å². The minimum atomic E-state index is -1.26. The average molecular weight is 360 g/mol. The number of ether oxygens (including phenoxy) is 1. The number of nitro groups is 2. The normalized spacial score (nSPS) is 11.4. The maximum absolute atomic E-state index is 12.3. The zero-order valence-electron chi connectivity index (χ0n) is 13.1. The van der Waals surface area contributed by atoms with Crippen LogP contribution in [0.15, 0.2) is 48.5 Å². The monoisotopic (exact) mass is 360 g/mol. The van der Waals surface area contributed by atoms with Gasteiger partial charge in [0, 0.05) is 24.3 Å². The van der Waals surface area contributed by atoms with Crippen molar-refractivity contribution in [3.63, 3.8) is 0 Å². The zero-order valence-corrected chi connectivity index (χ0v) is 13.1. The zero-order chi connectivity index (χ0) is 19.3. The van der Waals surface area contributed by atoms with Crippen molar-refractivity contribution in [2.24, 2.45) is 0 Å². The van der Waals surface area contributed by atoms with Gasteiger partial charge in [-0.25, -0.2) is 0 Å². The van der Waals surface area contributed by atoms with E-state index in [-0.39, 0.29) is 22.7 Å². The number of carboxylic acids is 1. The quantitative estimate of drug-likeness (QED) is 0.342. The molecule has 0 aliphatic heterocycles. The van der Waals surface area contributed by atoms with E-state index in [1.165, 1.54) is 24.3 Å². The van der Waals surface area contributed by atoms with Crippen molar-refractivity contribution in [1.29, 1.82) is 0 Å². The second-order valence-corrected chi connectivity index (χ2v) is 5.17. The van der Waals surface area contributed by atoms with E-state index in [0.717, 1.165) is 24.3 Å². The van der Waals surface area contributed by atoms with Gasteiger partial charge >= 0.3 is 11.9 Å². The summed E-state index contributed by atoms with van der Waals surface area (Å²) in [4.78, 5) is 43.4. The maximum Gasteiger partial charge on any atom is 0.319 e. The molecular formula is C16H12N2O8. The highest BCUT2D eigenvalue weighted by Gasteiger charge is 2.26. The summed E-state index contributed by atoms with van der Waals surface area (Å²) < 4.78 is 5.09. The van der Waals surface area contributed by atoms with Crippen molar-refractivity contribution in [3.05, 3.63) is 74.3 Å². The number of nitro benzene ring substituents is 2. The minimum Gasteiger partial charge on any atom is -0.481 e. The van der Waals surface area contributed by atoms with Crippen molar-refractivity contribution in [1.82, 2.24) is 0 Å². The van der Waals surface area contributed by atoms with Gasteiger partial charge in [-0.1, -0.05) is 12.1 Å². The summed E-state index contributed by atoms with van der Waals surface area (Å²) in [6.45, 7) is 0. The summed E-state index contributed by atoms with van der Waals surface area (Å²) in [7, 11) is 0. The fourth-order valence-electron chi connectivity index (χ4n) is 2.16. The molecule has 0 saturated heterocycles. The Morgan fingerprint density at radius 1 is 0.923 bits per heavy atom. The highest BCUT2D eigenvalue weighted by Crippen LogP contribution is 2.26. The van der Waals surface area contributed by atoms with Gasteiger partial charge in [0.25, 0.3) is 11.4 Å². The lowest BCUT2D eigenvalue weighted by Gasteiger charge is -2.14. The Morgan fingerprint density at radius 3 is 1.81 bits per heavy atom. The molecule has 0 heterocycles. The predicted octanol–water partition coefficient (Wildman–Crippen LogP) is 2.67. The highest BCUT2D eigenvalue weighted by molar-refractivity contribution is 5.85. The topological polar surface area (TPSA) is 150 Å². The maximum atomic E-state index is 12.3. The number of aliphatic carboxylic acids is 1. The SMILES string of the molecule is O=C(O)CC(C(=O)Oc1ccc([N+](=O)[O-])cc1)c1ccc([N+](=O)[O-])cc1. The molecule has 0 amide bonds. The van der Waals surface area contributed by atoms with Gasteiger partial charge in [0.05, 0.1) is 22.2 Å². The molecule has 2 rings (SSSR count). The Morgan fingerprint density at radius 2 is 1.38 bits per heavy atom. The number of benzene rings is 2. The second kappa shape index (κ2) is 7.83. The Bertz CT molecular complexity index is 846. The van der Waals surface area contributed by atoms with E-state index in [9.17, 15) is 29.8 Å². The van der Waals surface area contributed by atoms with E-state index in [1.54, 1.807) is 0 Å². The van der Waals surface area contributed by atoms with Crippen LogP contribution < -0.4 is 4.74 Å². The van der Waals surface area contributed by atoms with Gasteiger partial charge in [0.1, 0.15) is 5.75 Å². The van der Waals surface area contributed by atoms with Crippen LogP contribution in [0.2, 0.25) is 0 Å². The first-order valence-corrected chi connectivity index (χ1v) is 7.20. The molecule has 0 aromatic heterocycles. The molecule has 0 spiro atoms. The summed E-state index contributed by atoms with van der Waals surface area (Å²) in [5.41, 5.74) is -0.154. The fourth-order valence-corrected chi connectivity index (χ4v) is 2.16. The van der Waals surface area contributed by atoms with Gasteiger partial charge in [-0.2, -0.15) is 0 Å². The molecule has 10 nitrogen and oxygen atoms in total. The highest BCUT2D eigenvalue weighted by atomic mass is 16.6. The van der Waals surface area contributed by atoms with Crippen LogP contribution in [0.25, 0.3) is 0 Å². The van der Waals surface area contributed by atoms with Crippen LogP contribution >= 0.6 is 0 Å². The Labute approximate surface area is 145 Å². The lowest BCUT2D eigenvalue weighted by molar-refractivity contribution is -0.385. The summed E-state index contributed by atoms with van der Waals surface area (Å²) in [5.74, 6) is -3.33. The number of carbonyl (C=O) groups excluding carboxylic acids is 1. The lowest BCUT2D eigenvalue weighted by Crippen LogP contribution is -2.21. The third-order valence-corrected chi connectivity index (χ3v) is 3.44. The van der Waals surface area contributed by atoms with Crippen LogP contribution in [0.3, 0.4) is 0 Å². The Hall–Kier alpha value is -3.82. The lowest BCUT2D eigenvalue weighted by atomic mass is 9.95. The Kier molecular flexibility index (Phi) is 5.58. The van der Waals surface area contributed by atoms with E-state index < -0.39 is 34.1 Å². The largest absolute Gasteiger partial charge is 0.481 e. The van der Waals surface area contributed by atoms with E-state index in [0.29, 0.717) is 0 Å². The van der Waals surface area contributed by atoms with Crippen molar-refractivity contribution < 1.29 is 29.3 Å². The van der Waals surface area contributed by atoms with E-state index in [2.05, 4.69) is 0 Å². The van der Waals surface area contributed by atoms with Gasteiger partial charge in [0.2, 0.25) is 0 Å². The number of nitrogens with zero attached hydrogens (tertiary/aromatic N) is 2. The molecule has 0 fully saturated rings. The van der Waals surface area contributed by atoms with Crippen molar-refractivity contribution in [3.8, 4) is 5.75 Å². The first-order chi connectivity index (χ1) is 12.3. The van der Waals surface area contributed by atoms with Crippen molar-refractivity contribution >= 4 is 23.3 Å². The van der Waals surface area contributed by atoms with Crippen molar-refractivity contribution in [2.75, 3.05) is 0 Å². The second-order valence-electron chi connectivity index (χ2n) is 5.17. The van der Waals surface area contributed by atoms with Gasteiger partial charge in [-0.05, 0) is 17.7 Å². The summed E-state index contributed by atoms with van der Waals surface area (Å²) in [6.07, 6.45) is -0.580. The molecule has 0 saturated carbocycles. The minimum absolute atomic E-state index is 0.0119. The molecule has 134 valence electrons. The predicted molar refractivity (Wildman–Crippen MR) is 86.8 cm³/mol. The molecule has 0 aliphatic carbocycles. The van der Waals surface area contributed by atoms with Crippen LogP contribution in [-0.4, -0.2) is 26.9 Å². The van der Waals surface area contributed by atoms with Gasteiger partial charge < -0.3 is 9.84 Å². The number of carboxylic acid groups (broad SMARTS) is 1. The van der Waals surface area contributed by atoms with Gasteiger partial charge in [-0.15, -0.1) is 0 Å². The molecule has 10 heteroatoms. The molecule has 26 heavy (non-hydrogen) atoms. The molecule has 2 aromatic carbocycles. The van der Waals surface area contributed by atoms with E-state index >= 15 is 0 Å². The van der Waals surface area contributed by atoms with Crippen LogP contribution in [-0.2, 0) is 9.59 Å². The van der Waals surface area contributed by atoms with Crippen LogP contribution in [0, 0.1) is 20.2 Å². The molecule has 0 aliphatic rings. The third-order valence-electron chi connectivity index (χ3n) is 3.44. The summed E-state index contributed by atoms with van der Waals surface area (Å²) in [5, 5.41) is 30.3. The molecular weight excluding hydrogens is 348 g/mol. The molecule has 1 unspecified atom stereocenters. The summed E-state index contributed by atoms with van der Waals surface area (Å²) in [6, 6.07) is 9.58. The van der Waals surface area contributed by atoms with Gasteiger partial charge in [0.15, 0.2) is 0 Å².